The topological polar surface area (TPSA) is 45.8 Å². The lowest BCUT2D eigenvalue weighted by Crippen LogP contribution is -2.17. The number of aromatic amines is 1. The molecule has 1 aliphatic rings. The van der Waals surface area contributed by atoms with Gasteiger partial charge >= 0.3 is 0 Å². The highest BCUT2D eigenvalue weighted by Gasteiger charge is 2.19. The van der Waals surface area contributed by atoms with Crippen molar-refractivity contribution in [3.8, 4) is 0 Å². The first-order valence-corrected chi connectivity index (χ1v) is 9.08. The van der Waals surface area contributed by atoms with E-state index < -0.39 is 0 Å². The molecule has 0 saturated carbocycles. The maximum absolute atomic E-state index is 12.3. The fourth-order valence-corrected chi connectivity index (χ4v) is 4.95. The van der Waals surface area contributed by atoms with Crippen LogP contribution in [-0.4, -0.2) is 27.2 Å². The van der Waals surface area contributed by atoms with Gasteiger partial charge in [-0.2, -0.15) is 11.8 Å². The summed E-state index contributed by atoms with van der Waals surface area (Å²) in [5.74, 6) is 4.60. The molecule has 1 aliphatic heterocycles. The summed E-state index contributed by atoms with van der Waals surface area (Å²) < 4.78 is 0. The van der Waals surface area contributed by atoms with Crippen molar-refractivity contribution in [2.75, 3.05) is 17.3 Å². The van der Waals surface area contributed by atoms with Crippen LogP contribution in [0.3, 0.4) is 0 Å². The van der Waals surface area contributed by atoms with E-state index in [-0.39, 0.29) is 5.56 Å². The highest BCUT2D eigenvalue weighted by Crippen LogP contribution is 2.35. The number of fused-ring (bicyclic) bond motifs is 1. The monoisotopic (exact) mass is 306 g/mol. The first-order chi connectivity index (χ1) is 9.65. The van der Waals surface area contributed by atoms with E-state index in [0.717, 1.165) is 22.8 Å². The van der Waals surface area contributed by atoms with Crippen molar-refractivity contribution in [2.24, 2.45) is 0 Å². The average molecular weight is 306 g/mol. The van der Waals surface area contributed by atoms with Gasteiger partial charge < -0.3 is 4.98 Å². The zero-order valence-electron chi connectivity index (χ0n) is 11.7. The SMILES string of the molecule is CC(C)c1ccc2nc(C3CSCCS3)[nH]c(=O)c2c1. The highest BCUT2D eigenvalue weighted by atomic mass is 32.2. The number of hydrogen-bond donors (Lipinski definition) is 1. The molecule has 1 fully saturated rings. The lowest BCUT2D eigenvalue weighted by atomic mass is 10.0. The van der Waals surface area contributed by atoms with Crippen LogP contribution < -0.4 is 5.56 Å². The summed E-state index contributed by atoms with van der Waals surface area (Å²) >= 11 is 3.82. The van der Waals surface area contributed by atoms with Crippen LogP contribution in [0.1, 0.15) is 36.4 Å². The van der Waals surface area contributed by atoms with Gasteiger partial charge in [-0.3, -0.25) is 4.79 Å². The van der Waals surface area contributed by atoms with Crippen molar-refractivity contribution in [3.63, 3.8) is 0 Å². The molecular weight excluding hydrogens is 288 g/mol. The standard InChI is InChI=1S/C15H18N2OS2/c1-9(2)10-3-4-12-11(7-10)15(18)17-14(16-12)13-8-19-5-6-20-13/h3-4,7,9,13H,5-6,8H2,1-2H3,(H,16,17,18). The van der Waals surface area contributed by atoms with E-state index >= 15 is 0 Å². The Kier molecular flexibility index (Phi) is 4.08. The Morgan fingerprint density at radius 2 is 2.20 bits per heavy atom. The Morgan fingerprint density at radius 3 is 2.90 bits per heavy atom. The number of rotatable bonds is 2. The van der Waals surface area contributed by atoms with Gasteiger partial charge in [-0.25, -0.2) is 4.98 Å². The van der Waals surface area contributed by atoms with Crippen molar-refractivity contribution in [1.29, 1.82) is 0 Å². The van der Waals surface area contributed by atoms with Crippen molar-refractivity contribution >= 4 is 34.4 Å². The van der Waals surface area contributed by atoms with Gasteiger partial charge in [-0.05, 0) is 23.6 Å². The number of thioether (sulfide) groups is 2. The second-order valence-corrected chi connectivity index (χ2v) is 7.78. The fraction of sp³-hybridized carbons (Fsp3) is 0.467. The zero-order valence-corrected chi connectivity index (χ0v) is 13.3. The summed E-state index contributed by atoms with van der Waals surface area (Å²) in [5, 5.41) is 1.02. The third-order valence-corrected chi connectivity index (χ3v) is 6.30. The molecule has 5 heteroatoms. The lowest BCUT2D eigenvalue weighted by molar-refractivity contribution is 0.866. The summed E-state index contributed by atoms with van der Waals surface area (Å²) in [7, 11) is 0. The van der Waals surface area contributed by atoms with Gasteiger partial charge in [-0.15, -0.1) is 11.8 Å². The molecule has 1 unspecified atom stereocenters. The van der Waals surface area contributed by atoms with Gasteiger partial charge in [0.15, 0.2) is 0 Å². The number of hydrogen-bond acceptors (Lipinski definition) is 4. The Labute approximate surface area is 127 Å². The molecule has 2 aromatic rings. The van der Waals surface area contributed by atoms with Crippen LogP contribution >= 0.6 is 23.5 Å². The predicted molar refractivity (Wildman–Crippen MR) is 89.0 cm³/mol. The van der Waals surface area contributed by atoms with Crippen molar-refractivity contribution in [3.05, 3.63) is 39.9 Å². The lowest BCUT2D eigenvalue weighted by Gasteiger charge is -2.20. The van der Waals surface area contributed by atoms with E-state index in [1.807, 2.05) is 35.7 Å². The average Bonchev–Trinajstić information content (AvgIpc) is 2.47. The number of H-pyrrole nitrogens is 1. The fourth-order valence-electron chi connectivity index (χ4n) is 2.33. The van der Waals surface area contributed by atoms with Crippen LogP contribution in [0.25, 0.3) is 10.9 Å². The van der Waals surface area contributed by atoms with Crippen LogP contribution in [0, 0.1) is 0 Å². The molecule has 20 heavy (non-hydrogen) atoms. The minimum atomic E-state index is -0.0105. The Hall–Kier alpha value is -0.940. The van der Waals surface area contributed by atoms with Crippen LogP contribution in [0.2, 0.25) is 0 Å². The third-order valence-electron chi connectivity index (χ3n) is 3.54. The number of nitrogens with zero attached hydrogens (tertiary/aromatic N) is 1. The molecule has 0 spiro atoms. The van der Waals surface area contributed by atoms with Gasteiger partial charge in [-0.1, -0.05) is 19.9 Å². The molecule has 3 nitrogen and oxygen atoms in total. The Morgan fingerprint density at radius 1 is 1.35 bits per heavy atom. The molecule has 2 heterocycles. The van der Waals surface area contributed by atoms with Gasteiger partial charge in [0, 0.05) is 17.3 Å². The van der Waals surface area contributed by atoms with Crippen LogP contribution in [0.5, 0.6) is 0 Å². The molecule has 1 aromatic heterocycles. The van der Waals surface area contributed by atoms with Crippen molar-refractivity contribution in [1.82, 2.24) is 9.97 Å². The van der Waals surface area contributed by atoms with Crippen molar-refractivity contribution in [2.45, 2.75) is 25.0 Å². The van der Waals surface area contributed by atoms with E-state index in [1.54, 1.807) is 0 Å². The largest absolute Gasteiger partial charge is 0.309 e. The Balaban J connectivity index is 2.05. The molecule has 1 N–H and O–H groups in total. The van der Waals surface area contributed by atoms with E-state index in [9.17, 15) is 4.79 Å². The third kappa shape index (κ3) is 2.74. The smallest absolute Gasteiger partial charge is 0.258 e. The van der Waals surface area contributed by atoms with Crippen LogP contribution in [-0.2, 0) is 0 Å². The molecule has 0 bridgehead atoms. The maximum Gasteiger partial charge on any atom is 0.258 e. The van der Waals surface area contributed by atoms with Crippen molar-refractivity contribution < 1.29 is 0 Å². The molecular formula is C15H18N2OS2. The zero-order chi connectivity index (χ0) is 14.1. The van der Waals surface area contributed by atoms with E-state index in [1.165, 1.54) is 11.3 Å². The number of aromatic nitrogens is 2. The molecule has 1 saturated heterocycles. The molecule has 1 aromatic carbocycles. The maximum atomic E-state index is 12.3. The molecule has 3 rings (SSSR count). The van der Waals surface area contributed by atoms with Crippen LogP contribution in [0.15, 0.2) is 23.0 Å². The minimum absolute atomic E-state index is 0.0105. The second kappa shape index (κ2) is 5.82. The van der Waals surface area contributed by atoms with Gasteiger partial charge in [0.25, 0.3) is 5.56 Å². The van der Waals surface area contributed by atoms with Gasteiger partial charge in [0.05, 0.1) is 16.2 Å². The van der Waals surface area contributed by atoms with E-state index in [2.05, 4.69) is 29.9 Å². The quantitative estimate of drug-likeness (QED) is 0.921. The van der Waals surface area contributed by atoms with E-state index in [4.69, 9.17) is 0 Å². The minimum Gasteiger partial charge on any atom is -0.309 e. The van der Waals surface area contributed by atoms with Gasteiger partial charge in [0.1, 0.15) is 5.82 Å². The summed E-state index contributed by atoms with van der Waals surface area (Å²) in [6.07, 6.45) is 0. The molecule has 1 atom stereocenters. The molecule has 0 radical (unpaired) electrons. The number of benzene rings is 1. The highest BCUT2D eigenvalue weighted by molar-refractivity contribution is 8.06. The van der Waals surface area contributed by atoms with E-state index in [0.29, 0.717) is 16.6 Å². The predicted octanol–water partition coefficient (Wildman–Crippen LogP) is 3.57. The first kappa shape index (κ1) is 14.0. The summed E-state index contributed by atoms with van der Waals surface area (Å²) in [5.41, 5.74) is 1.98. The second-order valence-electron chi connectivity index (χ2n) is 5.32. The molecule has 106 valence electrons. The summed E-state index contributed by atoms with van der Waals surface area (Å²) in [4.78, 5) is 20.0. The first-order valence-electron chi connectivity index (χ1n) is 6.88. The van der Waals surface area contributed by atoms with Crippen LogP contribution in [0.4, 0.5) is 0 Å². The number of nitrogens with one attached hydrogen (secondary N) is 1. The Bertz CT molecular complexity index is 675. The van der Waals surface area contributed by atoms with Gasteiger partial charge in [0.2, 0.25) is 0 Å². The summed E-state index contributed by atoms with van der Waals surface area (Å²) in [6, 6.07) is 6.02. The normalized spacial score (nSPS) is 19.6. The molecule has 0 amide bonds. The summed E-state index contributed by atoms with van der Waals surface area (Å²) in [6.45, 7) is 4.26. The molecule has 0 aliphatic carbocycles.